The standard InChI is InChI=1S/C17H19FN2O5/c1-10(2)7-14(17(22)23)19-16(21)13-8-11(25-20-13)9-24-15-6-4-3-5-12(15)18/h3-6,8,10,14H,7,9H2,1-2H3,(H,19,21)(H,22,23)/t14-/m0/s1. The highest BCUT2D eigenvalue weighted by atomic mass is 19.1. The number of nitrogens with zero attached hydrogens (tertiary/aromatic N) is 1. The molecule has 2 N–H and O–H groups in total. The highest BCUT2D eigenvalue weighted by Gasteiger charge is 2.23. The molecule has 0 spiro atoms. The Labute approximate surface area is 143 Å². The first-order valence-corrected chi connectivity index (χ1v) is 7.73. The second-order valence-corrected chi connectivity index (χ2v) is 5.89. The molecule has 0 saturated heterocycles. The first-order chi connectivity index (χ1) is 11.9. The van der Waals surface area contributed by atoms with Crippen molar-refractivity contribution in [3.63, 3.8) is 0 Å². The van der Waals surface area contributed by atoms with Crippen LogP contribution >= 0.6 is 0 Å². The maximum absolute atomic E-state index is 13.5. The number of para-hydroxylation sites is 1. The van der Waals surface area contributed by atoms with Crippen molar-refractivity contribution in [2.45, 2.75) is 32.9 Å². The van der Waals surface area contributed by atoms with Crippen LogP contribution in [-0.2, 0) is 11.4 Å². The molecule has 8 heteroatoms. The Hall–Kier alpha value is -2.90. The minimum absolute atomic E-state index is 0.0489. The Bertz CT molecular complexity index is 744. The second-order valence-electron chi connectivity index (χ2n) is 5.89. The molecule has 1 heterocycles. The lowest BCUT2D eigenvalue weighted by molar-refractivity contribution is -0.139. The second kappa shape index (κ2) is 8.27. The predicted octanol–water partition coefficient (Wildman–Crippen LogP) is 2.62. The maximum atomic E-state index is 13.5. The molecule has 7 nitrogen and oxygen atoms in total. The van der Waals surface area contributed by atoms with Crippen molar-refractivity contribution in [1.82, 2.24) is 10.5 Å². The number of rotatable bonds is 8. The quantitative estimate of drug-likeness (QED) is 0.759. The lowest BCUT2D eigenvalue weighted by Crippen LogP contribution is -2.41. The fraction of sp³-hybridized carbons (Fsp3) is 0.353. The van der Waals surface area contributed by atoms with Crippen LogP contribution in [0.15, 0.2) is 34.9 Å². The summed E-state index contributed by atoms with van der Waals surface area (Å²) >= 11 is 0. The zero-order chi connectivity index (χ0) is 18.4. The van der Waals surface area contributed by atoms with Gasteiger partial charge < -0.3 is 19.7 Å². The minimum atomic E-state index is -1.12. The molecule has 0 aliphatic carbocycles. The van der Waals surface area contributed by atoms with E-state index in [4.69, 9.17) is 14.4 Å². The number of carboxylic acids is 1. The summed E-state index contributed by atoms with van der Waals surface area (Å²) in [7, 11) is 0. The number of benzene rings is 1. The maximum Gasteiger partial charge on any atom is 0.326 e. The predicted molar refractivity (Wildman–Crippen MR) is 85.6 cm³/mol. The van der Waals surface area contributed by atoms with Gasteiger partial charge in [0, 0.05) is 6.07 Å². The van der Waals surface area contributed by atoms with E-state index in [9.17, 15) is 14.0 Å². The van der Waals surface area contributed by atoms with Gasteiger partial charge in [-0.05, 0) is 24.5 Å². The van der Waals surface area contributed by atoms with E-state index < -0.39 is 23.7 Å². The molecule has 25 heavy (non-hydrogen) atoms. The molecule has 1 aromatic carbocycles. The van der Waals surface area contributed by atoms with Crippen LogP contribution in [0.1, 0.15) is 36.5 Å². The number of nitrogens with one attached hydrogen (secondary N) is 1. The van der Waals surface area contributed by atoms with E-state index in [0.29, 0.717) is 6.42 Å². The number of ether oxygens (including phenoxy) is 1. The van der Waals surface area contributed by atoms with E-state index >= 15 is 0 Å². The van der Waals surface area contributed by atoms with Crippen molar-refractivity contribution in [1.29, 1.82) is 0 Å². The average molecular weight is 350 g/mol. The third-order valence-corrected chi connectivity index (χ3v) is 3.31. The molecule has 1 amide bonds. The van der Waals surface area contributed by atoms with Crippen molar-refractivity contribution in [2.75, 3.05) is 0 Å². The number of aliphatic carboxylic acids is 1. The smallest absolute Gasteiger partial charge is 0.326 e. The summed E-state index contributed by atoms with van der Waals surface area (Å²) in [6, 6.07) is 6.19. The van der Waals surface area contributed by atoms with E-state index in [-0.39, 0.29) is 29.7 Å². The van der Waals surface area contributed by atoms with Gasteiger partial charge in [-0.25, -0.2) is 9.18 Å². The summed E-state index contributed by atoms with van der Waals surface area (Å²) in [6.45, 7) is 3.60. The van der Waals surface area contributed by atoms with Gasteiger partial charge in [-0.1, -0.05) is 31.1 Å². The first kappa shape index (κ1) is 18.4. The zero-order valence-electron chi connectivity index (χ0n) is 13.9. The Morgan fingerprint density at radius 2 is 2.08 bits per heavy atom. The molecule has 0 unspecified atom stereocenters. The number of carbonyl (C=O) groups is 2. The average Bonchev–Trinajstić information content (AvgIpc) is 3.02. The van der Waals surface area contributed by atoms with Gasteiger partial charge in [0.1, 0.15) is 12.6 Å². The fourth-order valence-electron chi connectivity index (χ4n) is 2.12. The Kier molecular flexibility index (Phi) is 6.10. The Balaban J connectivity index is 1.96. The lowest BCUT2D eigenvalue weighted by atomic mass is 10.0. The molecule has 0 radical (unpaired) electrons. The number of aromatic nitrogens is 1. The highest BCUT2D eigenvalue weighted by molar-refractivity contribution is 5.94. The van der Waals surface area contributed by atoms with Gasteiger partial charge in [-0.15, -0.1) is 0 Å². The number of hydrogen-bond donors (Lipinski definition) is 2. The van der Waals surface area contributed by atoms with Crippen LogP contribution < -0.4 is 10.1 Å². The van der Waals surface area contributed by atoms with Crippen molar-refractivity contribution < 1.29 is 28.3 Å². The van der Waals surface area contributed by atoms with Crippen LogP contribution in [0.5, 0.6) is 5.75 Å². The van der Waals surface area contributed by atoms with Gasteiger partial charge in [0.15, 0.2) is 23.0 Å². The largest absolute Gasteiger partial charge is 0.482 e. The normalized spacial score (nSPS) is 12.0. The molecular formula is C17H19FN2O5. The fourth-order valence-corrected chi connectivity index (χ4v) is 2.12. The van der Waals surface area contributed by atoms with E-state index in [1.54, 1.807) is 6.07 Å². The summed E-state index contributed by atoms with van der Waals surface area (Å²) in [6.07, 6.45) is 0.294. The molecule has 0 bridgehead atoms. The third kappa shape index (κ3) is 5.30. The van der Waals surface area contributed by atoms with Crippen LogP contribution in [-0.4, -0.2) is 28.2 Å². The van der Waals surface area contributed by atoms with Gasteiger partial charge in [-0.2, -0.15) is 0 Å². The zero-order valence-corrected chi connectivity index (χ0v) is 13.9. The Morgan fingerprint density at radius 1 is 1.36 bits per heavy atom. The lowest BCUT2D eigenvalue weighted by Gasteiger charge is -2.15. The van der Waals surface area contributed by atoms with Gasteiger partial charge in [0.05, 0.1) is 0 Å². The van der Waals surface area contributed by atoms with Crippen molar-refractivity contribution >= 4 is 11.9 Å². The molecule has 0 saturated carbocycles. The number of halogens is 1. The molecule has 1 atom stereocenters. The van der Waals surface area contributed by atoms with Crippen molar-refractivity contribution in [3.8, 4) is 5.75 Å². The summed E-state index contributed by atoms with van der Waals surface area (Å²) in [4.78, 5) is 23.3. The van der Waals surface area contributed by atoms with Gasteiger partial charge in [0.2, 0.25) is 0 Å². The van der Waals surface area contributed by atoms with E-state index in [1.165, 1.54) is 24.3 Å². The monoisotopic (exact) mass is 350 g/mol. The Morgan fingerprint density at radius 3 is 2.72 bits per heavy atom. The first-order valence-electron chi connectivity index (χ1n) is 7.73. The highest BCUT2D eigenvalue weighted by Crippen LogP contribution is 2.17. The molecular weight excluding hydrogens is 331 g/mol. The topological polar surface area (TPSA) is 102 Å². The summed E-state index contributed by atoms with van der Waals surface area (Å²) in [5, 5.41) is 15.1. The summed E-state index contributed by atoms with van der Waals surface area (Å²) < 4.78 is 23.7. The SMILES string of the molecule is CC(C)C[C@H](NC(=O)c1cc(COc2ccccc2F)on1)C(=O)O. The van der Waals surface area contributed by atoms with E-state index in [2.05, 4.69) is 10.5 Å². The van der Waals surface area contributed by atoms with E-state index in [1.807, 2.05) is 13.8 Å². The molecule has 134 valence electrons. The van der Waals surface area contributed by atoms with Crippen LogP contribution in [0, 0.1) is 11.7 Å². The molecule has 0 aliphatic heterocycles. The van der Waals surface area contributed by atoms with Crippen molar-refractivity contribution in [2.24, 2.45) is 5.92 Å². The summed E-state index contributed by atoms with van der Waals surface area (Å²) in [5.74, 6) is -1.93. The number of carboxylic acid groups (broad SMARTS) is 1. The van der Waals surface area contributed by atoms with Crippen molar-refractivity contribution in [3.05, 3.63) is 47.6 Å². The molecule has 2 rings (SSSR count). The van der Waals surface area contributed by atoms with Gasteiger partial charge in [-0.3, -0.25) is 4.79 Å². The van der Waals surface area contributed by atoms with E-state index in [0.717, 1.165) is 0 Å². The van der Waals surface area contributed by atoms with Crippen LogP contribution in [0.4, 0.5) is 4.39 Å². The molecule has 2 aromatic rings. The molecule has 0 aliphatic rings. The van der Waals surface area contributed by atoms with Gasteiger partial charge in [0.25, 0.3) is 5.91 Å². The number of hydrogen-bond acceptors (Lipinski definition) is 5. The molecule has 0 fully saturated rings. The minimum Gasteiger partial charge on any atom is -0.482 e. The summed E-state index contributed by atoms with van der Waals surface area (Å²) in [5.41, 5.74) is -0.0675. The molecule has 1 aromatic heterocycles. The number of amides is 1. The third-order valence-electron chi connectivity index (χ3n) is 3.31. The van der Waals surface area contributed by atoms with Crippen LogP contribution in [0.25, 0.3) is 0 Å². The number of carbonyl (C=O) groups excluding carboxylic acids is 1. The van der Waals surface area contributed by atoms with Gasteiger partial charge >= 0.3 is 5.97 Å². The van der Waals surface area contributed by atoms with Crippen LogP contribution in [0.2, 0.25) is 0 Å². The van der Waals surface area contributed by atoms with Crippen LogP contribution in [0.3, 0.4) is 0 Å².